The predicted molar refractivity (Wildman–Crippen MR) is 65.7 cm³/mol. The molecule has 1 atom stereocenters. The van der Waals surface area contributed by atoms with Gasteiger partial charge in [-0.15, -0.1) is 10.2 Å². The monoisotopic (exact) mass is 290 g/mol. The highest BCUT2D eigenvalue weighted by Gasteiger charge is 2.09. The molecule has 0 N–H and O–H groups in total. The van der Waals surface area contributed by atoms with Crippen molar-refractivity contribution in [1.82, 2.24) is 19.7 Å². The Morgan fingerprint density at radius 1 is 1.35 bits per heavy atom. The fourth-order valence-electron chi connectivity index (χ4n) is 1.38. The minimum Gasteiger partial charge on any atom is -0.302 e. The molecule has 2 aromatic heterocycles. The summed E-state index contributed by atoms with van der Waals surface area (Å²) in [6, 6.07) is 3.38. The molecule has 0 amide bonds. The molecule has 5 nitrogen and oxygen atoms in total. The molecule has 0 saturated heterocycles. The molecule has 0 aliphatic rings. The third-order valence-corrected chi connectivity index (χ3v) is 3.23. The maximum Gasteiger partial charge on any atom is 0.221 e. The van der Waals surface area contributed by atoms with Crippen molar-refractivity contribution in [2.24, 2.45) is 0 Å². The van der Waals surface area contributed by atoms with Gasteiger partial charge in [-0.1, -0.05) is 23.2 Å². The van der Waals surface area contributed by atoms with Crippen LogP contribution < -0.4 is 0 Å². The topological polar surface area (TPSA) is 60.7 Å². The molecule has 0 bridgehead atoms. The molecule has 0 fully saturated rings. The van der Waals surface area contributed by atoms with Crippen molar-refractivity contribution in [3.8, 4) is 0 Å². The number of aromatic nitrogens is 4. The maximum absolute atomic E-state index is 11.4. The average molecular weight is 291 g/mol. The van der Waals surface area contributed by atoms with Crippen molar-refractivity contribution in [3.63, 3.8) is 0 Å². The first kappa shape index (κ1) is 12.5. The van der Waals surface area contributed by atoms with Gasteiger partial charge in [-0.3, -0.25) is 4.21 Å². The molecule has 0 saturated carbocycles. The number of hydrogen-bond donors (Lipinski definition) is 0. The second-order valence-electron chi connectivity index (χ2n) is 3.32. The summed E-state index contributed by atoms with van der Waals surface area (Å²) in [5, 5.41) is 8.56. The van der Waals surface area contributed by atoms with Crippen molar-refractivity contribution in [2.45, 2.75) is 11.7 Å². The molecule has 0 aliphatic carbocycles. The minimum absolute atomic E-state index is 0.319. The smallest absolute Gasteiger partial charge is 0.221 e. The van der Waals surface area contributed by atoms with Crippen LogP contribution in [0.1, 0.15) is 5.56 Å². The van der Waals surface area contributed by atoms with Crippen LogP contribution in [0.25, 0.3) is 0 Å². The van der Waals surface area contributed by atoms with E-state index in [0.29, 0.717) is 22.0 Å². The number of halogens is 2. The molecule has 0 radical (unpaired) electrons. The van der Waals surface area contributed by atoms with Gasteiger partial charge >= 0.3 is 0 Å². The van der Waals surface area contributed by atoms with Crippen LogP contribution in [0.2, 0.25) is 10.3 Å². The quantitative estimate of drug-likeness (QED) is 0.809. The highest BCUT2D eigenvalue weighted by atomic mass is 35.5. The van der Waals surface area contributed by atoms with E-state index in [1.165, 1.54) is 6.33 Å². The van der Waals surface area contributed by atoms with Gasteiger partial charge in [0, 0.05) is 6.26 Å². The maximum atomic E-state index is 11.4. The zero-order chi connectivity index (χ0) is 12.4. The molecular weight excluding hydrogens is 283 g/mol. The van der Waals surface area contributed by atoms with Gasteiger partial charge in [0.25, 0.3) is 0 Å². The highest BCUT2D eigenvalue weighted by Crippen LogP contribution is 2.16. The van der Waals surface area contributed by atoms with E-state index in [-0.39, 0.29) is 0 Å². The van der Waals surface area contributed by atoms with E-state index < -0.39 is 10.8 Å². The van der Waals surface area contributed by atoms with Crippen LogP contribution in [0.4, 0.5) is 0 Å². The summed E-state index contributed by atoms with van der Waals surface area (Å²) < 4.78 is 13.1. The fourth-order valence-corrected chi connectivity index (χ4v) is 2.49. The van der Waals surface area contributed by atoms with E-state index in [0.717, 1.165) is 5.56 Å². The number of nitrogens with zero attached hydrogens (tertiary/aromatic N) is 4. The molecule has 0 spiro atoms. The lowest BCUT2D eigenvalue weighted by Gasteiger charge is -2.05. The third-order valence-electron chi connectivity index (χ3n) is 2.01. The molecule has 1 unspecified atom stereocenters. The Hall–Kier alpha value is -0.980. The Morgan fingerprint density at radius 3 is 2.59 bits per heavy atom. The van der Waals surface area contributed by atoms with E-state index in [1.807, 2.05) is 0 Å². The fraction of sp³-hybridized carbons (Fsp3) is 0.222. The largest absolute Gasteiger partial charge is 0.302 e. The van der Waals surface area contributed by atoms with Gasteiger partial charge in [0.2, 0.25) is 5.16 Å². The molecular formula is C9H8Cl2N4OS. The van der Waals surface area contributed by atoms with E-state index in [2.05, 4.69) is 15.2 Å². The molecule has 0 aliphatic heterocycles. The van der Waals surface area contributed by atoms with Gasteiger partial charge in [-0.2, -0.15) is 0 Å². The van der Waals surface area contributed by atoms with Crippen LogP contribution in [-0.4, -0.2) is 30.2 Å². The zero-order valence-electron chi connectivity index (χ0n) is 8.80. The molecule has 17 heavy (non-hydrogen) atoms. The van der Waals surface area contributed by atoms with Gasteiger partial charge in [0.05, 0.1) is 17.3 Å². The number of hydrogen-bond acceptors (Lipinski definition) is 4. The Labute approximate surface area is 110 Å². The minimum atomic E-state index is -1.19. The van der Waals surface area contributed by atoms with Crippen LogP contribution in [-0.2, 0) is 17.3 Å². The Bertz CT molecular complexity index is 552. The van der Waals surface area contributed by atoms with Crippen molar-refractivity contribution in [2.75, 3.05) is 6.26 Å². The van der Waals surface area contributed by atoms with Crippen molar-refractivity contribution >= 4 is 34.0 Å². The second kappa shape index (κ2) is 5.12. The van der Waals surface area contributed by atoms with Crippen LogP contribution >= 0.6 is 23.2 Å². The summed E-state index contributed by atoms with van der Waals surface area (Å²) in [6.45, 7) is 0.448. The zero-order valence-corrected chi connectivity index (χ0v) is 11.1. The Balaban J connectivity index is 2.31. The van der Waals surface area contributed by atoms with Crippen LogP contribution in [0.3, 0.4) is 0 Å². The number of pyridine rings is 1. The van der Waals surface area contributed by atoms with Crippen molar-refractivity contribution < 1.29 is 4.21 Å². The first-order valence-corrected chi connectivity index (χ1v) is 6.91. The molecule has 2 rings (SSSR count). The molecule has 2 heterocycles. The highest BCUT2D eigenvalue weighted by molar-refractivity contribution is 7.84. The van der Waals surface area contributed by atoms with Crippen LogP contribution in [0.15, 0.2) is 23.6 Å². The summed E-state index contributed by atoms with van der Waals surface area (Å²) in [5.74, 6) is 0. The van der Waals surface area contributed by atoms with Crippen LogP contribution in [0, 0.1) is 0 Å². The summed E-state index contributed by atoms with van der Waals surface area (Å²) in [6.07, 6.45) is 3.06. The van der Waals surface area contributed by atoms with Gasteiger partial charge < -0.3 is 4.57 Å². The lowest BCUT2D eigenvalue weighted by Crippen LogP contribution is -2.05. The second-order valence-corrected chi connectivity index (χ2v) is 5.36. The predicted octanol–water partition coefficient (Wildman–Crippen LogP) is 1.77. The van der Waals surface area contributed by atoms with Gasteiger partial charge in [-0.05, 0) is 17.7 Å². The standard InChI is InChI=1S/C9H8Cl2N4OS/c1-17(16)9-14-12-5-15(9)4-6-2-7(10)13-8(11)3-6/h2-3,5H,4H2,1H3. The summed E-state index contributed by atoms with van der Waals surface area (Å²) >= 11 is 11.6. The molecule has 2 aromatic rings. The van der Waals surface area contributed by atoms with Crippen molar-refractivity contribution in [3.05, 3.63) is 34.3 Å². The normalized spacial score (nSPS) is 12.6. The van der Waals surface area contributed by atoms with Gasteiger partial charge in [0.1, 0.15) is 16.6 Å². The van der Waals surface area contributed by atoms with E-state index in [4.69, 9.17) is 23.2 Å². The van der Waals surface area contributed by atoms with Gasteiger partial charge in [0.15, 0.2) is 0 Å². The van der Waals surface area contributed by atoms with Crippen molar-refractivity contribution in [1.29, 1.82) is 0 Å². The summed E-state index contributed by atoms with van der Waals surface area (Å²) in [5.41, 5.74) is 0.849. The first-order valence-electron chi connectivity index (χ1n) is 4.59. The van der Waals surface area contributed by atoms with E-state index >= 15 is 0 Å². The van der Waals surface area contributed by atoms with Crippen LogP contribution in [0.5, 0.6) is 0 Å². The average Bonchev–Trinajstić information content (AvgIpc) is 2.63. The van der Waals surface area contributed by atoms with E-state index in [9.17, 15) is 4.21 Å². The Morgan fingerprint density at radius 2 is 2.00 bits per heavy atom. The molecule has 0 aromatic carbocycles. The number of rotatable bonds is 3. The molecule has 8 heteroatoms. The lowest BCUT2D eigenvalue weighted by atomic mass is 10.3. The Kier molecular flexibility index (Phi) is 3.76. The lowest BCUT2D eigenvalue weighted by molar-refractivity contribution is 0.653. The third kappa shape index (κ3) is 3.02. The van der Waals surface area contributed by atoms with Gasteiger partial charge in [-0.25, -0.2) is 4.98 Å². The first-order chi connectivity index (χ1) is 8.06. The SMILES string of the molecule is CS(=O)c1nncn1Cc1cc(Cl)nc(Cl)c1. The summed E-state index contributed by atoms with van der Waals surface area (Å²) in [4.78, 5) is 3.85. The summed E-state index contributed by atoms with van der Waals surface area (Å²) in [7, 11) is -1.19. The van der Waals surface area contributed by atoms with E-state index in [1.54, 1.807) is 23.0 Å². The molecule has 90 valence electrons.